The summed E-state index contributed by atoms with van der Waals surface area (Å²) < 4.78 is 29.3. The summed E-state index contributed by atoms with van der Waals surface area (Å²) in [5, 5.41) is 0. The zero-order valence-corrected chi connectivity index (χ0v) is 19.3. The van der Waals surface area contributed by atoms with Gasteiger partial charge in [-0.2, -0.15) is 4.98 Å². The number of hydrogen-bond donors (Lipinski definition) is 0. The Morgan fingerprint density at radius 2 is 1.84 bits per heavy atom. The molecule has 1 fully saturated rings. The minimum Gasteiger partial charge on any atom is -0.423 e. The highest BCUT2D eigenvalue weighted by Gasteiger charge is 2.35. The molecular weight excluding hydrogens is 426 g/mol. The molecule has 8 heteroatoms. The molecule has 2 atom stereocenters. The Kier molecular flexibility index (Phi) is 6.50. The van der Waals surface area contributed by atoms with Gasteiger partial charge in [0.25, 0.3) is 6.01 Å². The number of hydrogen-bond acceptors (Lipinski definition) is 6. The number of rotatable bonds is 7. The predicted molar refractivity (Wildman–Crippen MR) is 125 cm³/mol. The first-order chi connectivity index (χ1) is 15.4. The number of fused-ring (bicyclic) bond motifs is 1. The van der Waals surface area contributed by atoms with Crippen molar-refractivity contribution in [3.8, 4) is 0 Å². The van der Waals surface area contributed by atoms with Gasteiger partial charge in [-0.1, -0.05) is 49.4 Å². The van der Waals surface area contributed by atoms with Crippen molar-refractivity contribution in [1.82, 2.24) is 9.88 Å². The monoisotopic (exact) mass is 455 g/mol. The van der Waals surface area contributed by atoms with E-state index in [1.807, 2.05) is 66.4 Å². The maximum absolute atomic E-state index is 13.5. The molecule has 0 bridgehead atoms. The molecule has 0 N–H and O–H groups in total. The molecule has 1 aliphatic rings. The minimum absolute atomic E-state index is 0.0159. The minimum atomic E-state index is -3.12. The number of oxazole rings is 1. The van der Waals surface area contributed by atoms with Crippen LogP contribution in [0.2, 0.25) is 0 Å². The largest absolute Gasteiger partial charge is 0.423 e. The Bertz CT molecular complexity index is 1140. The molecule has 2 unspecified atom stereocenters. The van der Waals surface area contributed by atoms with Crippen molar-refractivity contribution < 1.29 is 17.6 Å². The molecule has 2 heterocycles. The fourth-order valence-corrected chi connectivity index (χ4v) is 4.98. The number of para-hydroxylation sites is 2. The number of carbonyl (C=O) groups excluding carboxylic acids is 1. The Balaban J connectivity index is 1.59. The third-order valence-electron chi connectivity index (χ3n) is 6.08. The van der Waals surface area contributed by atoms with Crippen molar-refractivity contribution in [2.45, 2.75) is 25.8 Å². The first-order valence-corrected chi connectivity index (χ1v) is 13.1. The van der Waals surface area contributed by atoms with Gasteiger partial charge in [-0.25, -0.2) is 8.42 Å². The van der Waals surface area contributed by atoms with Gasteiger partial charge in [0.2, 0.25) is 5.91 Å². The standard InChI is InChI=1S/C24H29N3O4S/c1-3-18(13-16-32(2,29)30)23(28)27-15-14-26(17-21(27)19-9-5-4-6-10-19)24-25-20-11-7-8-12-22(20)31-24/h4-12,18,21H,3,13-17H2,1-2H3. The number of carbonyl (C=O) groups is 1. The predicted octanol–water partition coefficient (Wildman–Crippen LogP) is 3.68. The number of nitrogens with zero attached hydrogens (tertiary/aromatic N) is 3. The second-order valence-corrected chi connectivity index (χ2v) is 10.7. The molecule has 7 nitrogen and oxygen atoms in total. The van der Waals surface area contributed by atoms with Crippen LogP contribution in [0.1, 0.15) is 31.4 Å². The van der Waals surface area contributed by atoms with Gasteiger partial charge in [0.15, 0.2) is 5.58 Å². The van der Waals surface area contributed by atoms with Crippen LogP contribution in [0.3, 0.4) is 0 Å². The zero-order chi connectivity index (χ0) is 22.7. The number of benzene rings is 2. The van der Waals surface area contributed by atoms with Crippen molar-refractivity contribution in [3.63, 3.8) is 0 Å². The van der Waals surface area contributed by atoms with E-state index in [4.69, 9.17) is 4.42 Å². The second kappa shape index (κ2) is 9.32. The van der Waals surface area contributed by atoms with Crippen LogP contribution in [0.15, 0.2) is 59.0 Å². The van der Waals surface area contributed by atoms with E-state index >= 15 is 0 Å². The molecule has 0 saturated carbocycles. The summed E-state index contributed by atoms with van der Waals surface area (Å²) >= 11 is 0. The van der Waals surface area contributed by atoms with Crippen LogP contribution >= 0.6 is 0 Å². The van der Waals surface area contributed by atoms with Gasteiger partial charge >= 0.3 is 0 Å². The SMILES string of the molecule is CCC(CCS(C)(=O)=O)C(=O)N1CCN(c2nc3ccccc3o2)CC1c1ccccc1. The third kappa shape index (κ3) is 4.96. The van der Waals surface area contributed by atoms with Crippen molar-refractivity contribution >= 4 is 32.9 Å². The van der Waals surface area contributed by atoms with E-state index in [1.165, 1.54) is 6.26 Å². The van der Waals surface area contributed by atoms with Gasteiger partial charge < -0.3 is 14.2 Å². The number of amides is 1. The second-order valence-electron chi connectivity index (χ2n) is 8.39. The highest BCUT2D eigenvalue weighted by Crippen LogP contribution is 2.32. The lowest BCUT2D eigenvalue weighted by Crippen LogP contribution is -2.52. The van der Waals surface area contributed by atoms with Gasteiger partial charge in [-0.15, -0.1) is 0 Å². The van der Waals surface area contributed by atoms with Gasteiger partial charge in [-0.3, -0.25) is 4.79 Å². The third-order valence-corrected chi connectivity index (χ3v) is 7.06. The van der Waals surface area contributed by atoms with Crippen molar-refractivity contribution in [2.75, 3.05) is 36.5 Å². The van der Waals surface area contributed by atoms with E-state index in [0.29, 0.717) is 38.5 Å². The lowest BCUT2D eigenvalue weighted by Gasteiger charge is -2.42. The number of aromatic nitrogens is 1. The first-order valence-electron chi connectivity index (χ1n) is 11.0. The van der Waals surface area contributed by atoms with Gasteiger partial charge in [0.05, 0.1) is 11.8 Å². The molecule has 0 spiro atoms. The summed E-state index contributed by atoms with van der Waals surface area (Å²) in [4.78, 5) is 22.1. The topological polar surface area (TPSA) is 83.7 Å². The van der Waals surface area contributed by atoms with Crippen LogP contribution in [0, 0.1) is 5.92 Å². The smallest absolute Gasteiger partial charge is 0.298 e. The van der Waals surface area contributed by atoms with E-state index in [1.54, 1.807) is 0 Å². The summed E-state index contributed by atoms with van der Waals surface area (Å²) in [6.07, 6.45) is 2.18. The van der Waals surface area contributed by atoms with E-state index in [2.05, 4.69) is 9.88 Å². The summed E-state index contributed by atoms with van der Waals surface area (Å²) in [7, 11) is -3.12. The average molecular weight is 456 g/mol. The Morgan fingerprint density at radius 1 is 1.12 bits per heavy atom. The average Bonchev–Trinajstić information content (AvgIpc) is 3.23. The Morgan fingerprint density at radius 3 is 2.53 bits per heavy atom. The molecule has 1 saturated heterocycles. The van der Waals surface area contributed by atoms with Crippen LogP contribution < -0.4 is 4.90 Å². The van der Waals surface area contributed by atoms with Crippen LogP contribution in [0.25, 0.3) is 11.1 Å². The fraction of sp³-hybridized carbons (Fsp3) is 0.417. The first kappa shape index (κ1) is 22.3. The lowest BCUT2D eigenvalue weighted by molar-refractivity contribution is -0.138. The summed E-state index contributed by atoms with van der Waals surface area (Å²) in [6, 6.07) is 18.0. The summed E-state index contributed by atoms with van der Waals surface area (Å²) in [6.45, 7) is 3.62. The molecule has 1 aliphatic heterocycles. The number of piperazine rings is 1. The molecule has 170 valence electrons. The summed E-state index contributed by atoms with van der Waals surface area (Å²) in [5.74, 6) is -0.273. The van der Waals surface area contributed by atoms with Gasteiger partial charge in [-0.05, 0) is 30.5 Å². The van der Waals surface area contributed by atoms with Crippen molar-refractivity contribution in [1.29, 1.82) is 0 Å². The van der Waals surface area contributed by atoms with Crippen LogP contribution in [0.4, 0.5) is 6.01 Å². The maximum atomic E-state index is 13.5. The van der Waals surface area contributed by atoms with E-state index < -0.39 is 9.84 Å². The van der Waals surface area contributed by atoms with Gasteiger partial charge in [0.1, 0.15) is 15.4 Å². The van der Waals surface area contributed by atoms with E-state index in [-0.39, 0.29) is 23.6 Å². The maximum Gasteiger partial charge on any atom is 0.298 e. The highest BCUT2D eigenvalue weighted by atomic mass is 32.2. The number of sulfone groups is 1. The molecule has 32 heavy (non-hydrogen) atoms. The quantitative estimate of drug-likeness (QED) is 0.540. The molecule has 1 amide bonds. The number of anilines is 1. The van der Waals surface area contributed by atoms with Crippen LogP contribution in [-0.4, -0.2) is 55.9 Å². The molecular formula is C24H29N3O4S. The molecule has 3 aromatic rings. The van der Waals surface area contributed by atoms with Crippen LogP contribution in [-0.2, 0) is 14.6 Å². The lowest BCUT2D eigenvalue weighted by atomic mass is 9.96. The normalized spacial score (nSPS) is 18.1. The molecule has 2 aromatic carbocycles. The Hall–Kier alpha value is -2.87. The molecule has 0 radical (unpaired) electrons. The zero-order valence-electron chi connectivity index (χ0n) is 18.5. The molecule has 0 aliphatic carbocycles. The fourth-order valence-electron chi connectivity index (χ4n) is 4.27. The molecule has 1 aromatic heterocycles. The van der Waals surface area contributed by atoms with E-state index in [0.717, 1.165) is 16.7 Å². The Labute approximate surface area is 188 Å². The summed E-state index contributed by atoms with van der Waals surface area (Å²) in [5.41, 5.74) is 2.59. The van der Waals surface area contributed by atoms with E-state index in [9.17, 15) is 13.2 Å². The van der Waals surface area contributed by atoms with Crippen molar-refractivity contribution in [2.24, 2.45) is 5.92 Å². The van der Waals surface area contributed by atoms with Crippen LogP contribution in [0.5, 0.6) is 0 Å². The van der Waals surface area contributed by atoms with Crippen molar-refractivity contribution in [3.05, 3.63) is 60.2 Å². The van der Waals surface area contributed by atoms with Gasteiger partial charge in [0, 0.05) is 31.8 Å². The highest BCUT2D eigenvalue weighted by molar-refractivity contribution is 7.90. The molecule has 4 rings (SSSR count).